The third-order valence-electron chi connectivity index (χ3n) is 3.38. The summed E-state index contributed by atoms with van der Waals surface area (Å²) in [5, 5.41) is 9.49. The van der Waals surface area contributed by atoms with Gasteiger partial charge in [-0.25, -0.2) is 8.42 Å². The standard InChI is InChI=1S/C14H16N4O3S2/c1-2-18(9-8-17-7-3-5-15-17)23(19,20)14-10-12(11-22-14)13-4-6-16-21-13/h3-7,10-11H,2,8-9H2,1H3. The van der Waals surface area contributed by atoms with Gasteiger partial charge in [-0.15, -0.1) is 11.3 Å². The first kappa shape index (κ1) is 15.9. The highest BCUT2D eigenvalue weighted by Crippen LogP contribution is 2.30. The van der Waals surface area contributed by atoms with Crippen molar-refractivity contribution in [3.8, 4) is 11.3 Å². The molecule has 0 aliphatic heterocycles. The molecule has 0 spiro atoms. The van der Waals surface area contributed by atoms with Crippen LogP contribution in [0.5, 0.6) is 0 Å². The lowest BCUT2D eigenvalue weighted by Gasteiger charge is -2.19. The minimum absolute atomic E-state index is 0.297. The maximum atomic E-state index is 12.8. The molecule has 0 aliphatic rings. The quantitative estimate of drug-likeness (QED) is 0.652. The van der Waals surface area contributed by atoms with Crippen LogP contribution < -0.4 is 0 Å². The van der Waals surface area contributed by atoms with Gasteiger partial charge in [0.25, 0.3) is 10.0 Å². The fourth-order valence-electron chi connectivity index (χ4n) is 2.17. The molecule has 9 heteroatoms. The fraction of sp³-hybridized carbons (Fsp3) is 0.286. The molecular weight excluding hydrogens is 336 g/mol. The number of thiophene rings is 1. The summed E-state index contributed by atoms with van der Waals surface area (Å²) in [5.41, 5.74) is 0.717. The van der Waals surface area contributed by atoms with E-state index in [-0.39, 0.29) is 0 Å². The van der Waals surface area contributed by atoms with E-state index in [1.807, 2.05) is 19.2 Å². The summed E-state index contributed by atoms with van der Waals surface area (Å²) in [4.78, 5) is 0. The van der Waals surface area contributed by atoms with Crippen molar-refractivity contribution in [3.63, 3.8) is 0 Å². The molecule has 0 fully saturated rings. The van der Waals surface area contributed by atoms with Crippen molar-refractivity contribution in [2.75, 3.05) is 13.1 Å². The van der Waals surface area contributed by atoms with Crippen LogP contribution >= 0.6 is 11.3 Å². The second kappa shape index (κ2) is 6.65. The molecular formula is C14H16N4O3S2. The zero-order valence-corrected chi connectivity index (χ0v) is 14.1. The van der Waals surface area contributed by atoms with E-state index in [0.29, 0.717) is 35.2 Å². The molecule has 0 saturated heterocycles. The summed E-state index contributed by atoms with van der Waals surface area (Å²) in [6.45, 7) is 3.11. The van der Waals surface area contributed by atoms with Crippen LogP contribution in [0, 0.1) is 0 Å². The Hall–Kier alpha value is -1.97. The van der Waals surface area contributed by atoms with Crippen LogP contribution in [0.2, 0.25) is 0 Å². The van der Waals surface area contributed by atoms with Crippen LogP contribution in [0.1, 0.15) is 6.92 Å². The molecule has 0 unspecified atom stereocenters. The lowest BCUT2D eigenvalue weighted by molar-refractivity contribution is 0.398. The first-order valence-electron chi connectivity index (χ1n) is 7.08. The zero-order chi connectivity index (χ0) is 16.3. The van der Waals surface area contributed by atoms with Crippen LogP contribution in [0.25, 0.3) is 11.3 Å². The number of hydrogen-bond donors (Lipinski definition) is 0. The second-order valence-corrected chi connectivity index (χ2v) is 7.87. The average Bonchev–Trinajstić information content (AvgIpc) is 3.28. The predicted molar refractivity (Wildman–Crippen MR) is 86.5 cm³/mol. The largest absolute Gasteiger partial charge is 0.356 e. The first-order valence-corrected chi connectivity index (χ1v) is 9.40. The van der Waals surface area contributed by atoms with Crippen LogP contribution in [0.4, 0.5) is 0 Å². The summed E-state index contributed by atoms with van der Waals surface area (Å²) in [5.74, 6) is 0.558. The van der Waals surface area contributed by atoms with Crippen molar-refractivity contribution in [2.24, 2.45) is 0 Å². The van der Waals surface area contributed by atoms with E-state index in [2.05, 4.69) is 10.3 Å². The van der Waals surface area contributed by atoms with Gasteiger partial charge < -0.3 is 4.52 Å². The van der Waals surface area contributed by atoms with Crippen molar-refractivity contribution < 1.29 is 12.9 Å². The van der Waals surface area contributed by atoms with Gasteiger partial charge in [-0.3, -0.25) is 4.68 Å². The maximum absolute atomic E-state index is 12.8. The third kappa shape index (κ3) is 3.36. The van der Waals surface area contributed by atoms with Crippen LogP contribution in [0.3, 0.4) is 0 Å². The molecule has 0 N–H and O–H groups in total. The fourth-order valence-corrected chi connectivity index (χ4v) is 4.93. The molecule has 3 heterocycles. The zero-order valence-electron chi connectivity index (χ0n) is 12.5. The van der Waals surface area contributed by atoms with E-state index in [1.165, 1.54) is 21.8 Å². The third-order valence-corrected chi connectivity index (χ3v) is 6.77. The Labute approximate surface area is 138 Å². The molecule has 3 rings (SSSR count). The van der Waals surface area contributed by atoms with Gasteiger partial charge in [0.1, 0.15) is 4.21 Å². The monoisotopic (exact) mass is 352 g/mol. The topological polar surface area (TPSA) is 81.2 Å². The van der Waals surface area contributed by atoms with Gasteiger partial charge in [-0.1, -0.05) is 12.1 Å². The maximum Gasteiger partial charge on any atom is 0.252 e. The van der Waals surface area contributed by atoms with E-state index in [1.54, 1.807) is 28.4 Å². The summed E-state index contributed by atoms with van der Waals surface area (Å²) >= 11 is 1.18. The normalized spacial score (nSPS) is 12.1. The summed E-state index contributed by atoms with van der Waals surface area (Å²) < 4.78 is 34.1. The van der Waals surface area contributed by atoms with Gasteiger partial charge in [0, 0.05) is 42.5 Å². The number of aromatic nitrogens is 3. The predicted octanol–water partition coefficient (Wildman–Crippen LogP) is 2.31. The second-order valence-electron chi connectivity index (χ2n) is 4.80. The molecule has 0 saturated carbocycles. The minimum Gasteiger partial charge on any atom is -0.356 e. The number of hydrogen-bond acceptors (Lipinski definition) is 6. The van der Waals surface area contributed by atoms with Crippen molar-refractivity contribution in [1.29, 1.82) is 0 Å². The Morgan fingerprint density at radius 3 is 2.91 bits per heavy atom. The van der Waals surface area contributed by atoms with E-state index in [9.17, 15) is 8.42 Å². The van der Waals surface area contributed by atoms with E-state index in [0.717, 1.165) is 0 Å². The lowest BCUT2D eigenvalue weighted by Crippen LogP contribution is -2.33. The van der Waals surface area contributed by atoms with Crippen molar-refractivity contribution >= 4 is 21.4 Å². The number of likely N-dealkylation sites (N-methyl/N-ethyl adjacent to an activating group) is 1. The van der Waals surface area contributed by atoms with Crippen molar-refractivity contribution in [3.05, 3.63) is 42.2 Å². The Morgan fingerprint density at radius 2 is 2.26 bits per heavy atom. The van der Waals surface area contributed by atoms with Crippen LogP contribution in [0.15, 0.2) is 50.9 Å². The van der Waals surface area contributed by atoms with Gasteiger partial charge >= 0.3 is 0 Å². The molecule has 0 radical (unpaired) electrons. The van der Waals surface area contributed by atoms with Gasteiger partial charge in [-0.2, -0.15) is 9.40 Å². The Bertz CT molecular complexity index is 839. The highest BCUT2D eigenvalue weighted by Gasteiger charge is 2.25. The molecule has 0 amide bonds. The number of sulfonamides is 1. The molecule has 0 bridgehead atoms. The number of nitrogens with zero attached hydrogens (tertiary/aromatic N) is 4. The summed E-state index contributed by atoms with van der Waals surface area (Å²) in [6, 6.07) is 5.14. The molecule has 7 nitrogen and oxygen atoms in total. The highest BCUT2D eigenvalue weighted by atomic mass is 32.2. The van der Waals surface area contributed by atoms with E-state index in [4.69, 9.17) is 4.52 Å². The van der Waals surface area contributed by atoms with Gasteiger partial charge in [0.2, 0.25) is 0 Å². The van der Waals surface area contributed by atoms with Crippen LogP contribution in [-0.2, 0) is 16.6 Å². The number of rotatable bonds is 7. The summed E-state index contributed by atoms with van der Waals surface area (Å²) in [7, 11) is -3.53. The van der Waals surface area contributed by atoms with Crippen molar-refractivity contribution in [2.45, 2.75) is 17.7 Å². The van der Waals surface area contributed by atoms with Gasteiger partial charge in [0.05, 0.1) is 12.7 Å². The SMILES string of the molecule is CCN(CCn1cccn1)S(=O)(=O)c1cc(-c2ccno2)cs1. The smallest absolute Gasteiger partial charge is 0.252 e. The van der Waals surface area contributed by atoms with Gasteiger partial charge in [-0.05, 0) is 12.1 Å². The van der Waals surface area contributed by atoms with E-state index < -0.39 is 10.0 Å². The highest BCUT2D eigenvalue weighted by molar-refractivity contribution is 7.91. The molecule has 0 aliphatic carbocycles. The molecule has 3 aromatic rings. The minimum atomic E-state index is -3.53. The summed E-state index contributed by atoms with van der Waals surface area (Å²) in [6.07, 6.45) is 5.02. The molecule has 3 aromatic heterocycles. The van der Waals surface area contributed by atoms with Gasteiger partial charge in [0.15, 0.2) is 5.76 Å². The van der Waals surface area contributed by atoms with Crippen LogP contribution in [-0.4, -0.2) is 40.7 Å². The molecule has 0 atom stereocenters. The Morgan fingerprint density at radius 1 is 1.39 bits per heavy atom. The van der Waals surface area contributed by atoms with Crippen molar-refractivity contribution in [1.82, 2.24) is 19.2 Å². The molecule has 23 heavy (non-hydrogen) atoms. The lowest BCUT2D eigenvalue weighted by atomic mass is 10.3. The first-order chi connectivity index (χ1) is 11.1. The molecule has 0 aromatic carbocycles. The Balaban J connectivity index is 1.78. The average molecular weight is 352 g/mol. The Kier molecular flexibility index (Phi) is 4.60. The van der Waals surface area contributed by atoms with E-state index >= 15 is 0 Å². The molecule has 122 valence electrons.